The molecule has 0 saturated carbocycles. The Hall–Kier alpha value is -1.69. The smallest absolute Gasteiger partial charge is 0.314 e. The summed E-state index contributed by atoms with van der Waals surface area (Å²) in [6, 6.07) is 4.11. The Morgan fingerprint density at radius 1 is 1.35 bits per heavy atom. The van der Waals surface area contributed by atoms with Crippen LogP contribution in [-0.2, 0) is 0 Å². The summed E-state index contributed by atoms with van der Waals surface area (Å²) in [5.74, 6) is 0.689. The maximum atomic E-state index is 11.6. The van der Waals surface area contributed by atoms with E-state index < -0.39 is 0 Å². The monoisotopic (exact) mass is 277 g/mol. The molecule has 0 amide bonds. The number of nitrogens with one attached hydrogen (secondary N) is 2. The Morgan fingerprint density at radius 3 is 2.75 bits per heavy atom. The van der Waals surface area contributed by atoms with Crippen molar-refractivity contribution in [3.05, 3.63) is 28.3 Å². The highest BCUT2D eigenvalue weighted by atomic mass is 16.2. The SMILES string of the molecule is CCCNC(C)C(c1ccc2n[nH]c(=O)n2n1)C(C)C. The molecular weight excluding hydrogens is 254 g/mol. The molecule has 0 spiro atoms. The van der Waals surface area contributed by atoms with E-state index in [0.717, 1.165) is 18.7 Å². The number of aromatic nitrogens is 4. The van der Waals surface area contributed by atoms with Crippen LogP contribution in [-0.4, -0.2) is 32.4 Å². The fourth-order valence-electron chi connectivity index (χ4n) is 2.67. The number of nitrogens with zero attached hydrogens (tertiary/aromatic N) is 3. The largest absolute Gasteiger partial charge is 0.364 e. The fraction of sp³-hybridized carbons (Fsp3) is 0.643. The normalized spacial score (nSPS) is 14.8. The van der Waals surface area contributed by atoms with Crippen LogP contribution < -0.4 is 11.0 Å². The van der Waals surface area contributed by atoms with Crippen LogP contribution in [0, 0.1) is 5.92 Å². The number of fused-ring (bicyclic) bond motifs is 1. The third-order valence-corrected chi connectivity index (χ3v) is 3.61. The van der Waals surface area contributed by atoms with Crippen LogP contribution in [0.4, 0.5) is 0 Å². The maximum absolute atomic E-state index is 11.6. The van der Waals surface area contributed by atoms with Crippen molar-refractivity contribution >= 4 is 5.65 Å². The minimum absolute atomic E-state index is 0.257. The topological polar surface area (TPSA) is 75.1 Å². The van der Waals surface area contributed by atoms with E-state index in [0.29, 0.717) is 17.6 Å². The van der Waals surface area contributed by atoms with E-state index in [1.54, 1.807) is 0 Å². The zero-order valence-corrected chi connectivity index (χ0v) is 12.6. The molecule has 0 saturated heterocycles. The molecule has 0 aliphatic rings. The second-order valence-electron chi connectivity index (χ2n) is 5.57. The number of H-pyrrole nitrogens is 1. The predicted octanol–water partition coefficient (Wildman–Crippen LogP) is 1.55. The highest BCUT2D eigenvalue weighted by molar-refractivity contribution is 5.35. The molecule has 0 aromatic carbocycles. The van der Waals surface area contributed by atoms with Crippen LogP contribution >= 0.6 is 0 Å². The molecule has 2 aromatic heterocycles. The zero-order chi connectivity index (χ0) is 14.7. The minimum atomic E-state index is -0.293. The van der Waals surface area contributed by atoms with Crippen molar-refractivity contribution in [2.24, 2.45) is 5.92 Å². The lowest BCUT2D eigenvalue weighted by molar-refractivity contribution is 0.368. The van der Waals surface area contributed by atoms with E-state index >= 15 is 0 Å². The number of aromatic amines is 1. The number of hydrogen-bond acceptors (Lipinski definition) is 4. The molecule has 0 aliphatic carbocycles. The second-order valence-corrected chi connectivity index (χ2v) is 5.57. The van der Waals surface area contributed by atoms with Gasteiger partial charge >= 0.3 is 5.69 Å². The number of hydrogen-bond donors (Lipinski definition) is 2. The van der Waals surface area contributed by atoms with Gasteiger partial charge in [-0.2, -0.15) is 14.7 Å². The first-order chi connectivity index (χ1) is 9.54. The molecule has 0 fully saturated rings. The Bertz CT molecular complexity index is 615. The zero-order valence-electron chi connectivity index (χ0n) is 12.6. The Morgan fingerprint density at radius 2 is 2.10 bits per heavy atom. The highest BCUT2D eigenvalue weighted by Gasteiger charge is 2.24. The Balaban J connectivity index is 2.35. The van der Waals surface area contributed by atoms with Crippen molar-refractivity contribution in [2.75, 3.05) is 6.54 Å². The van der Waals surface area contributed by atoms with Crippen molar-refractivity contribution in [3.8, 4) is 0 Å². The molecule has 6 nitrogen and oxygen atoms in total. The molecule has 0 radical (unpaired) electrons. The van der Waals surface area contributed by atoms with Gasteiger partial charge < -0.3 is 5.32 Å². The summed E-state index contributed by atoms with van der Waals surface area (Å²) in [5.41, 5.74) is 1.18. The standard InChI is InChI=1S/C14H23N5O/c1-5-8-15-10(4)13(9(2)3)11-6-7-12-16-17-14(20)19(12)18-11/h6-7,9-10,13,15H,5,8H2,1-4H3,(H,17,20). The van der Waals surface area contributed by atoms with Gasteiger partial charge in [-0.1, -0.05) is 20.8 Å². The lowest BCUT2D eigenvalue weighted by atomic mass is 9.86. The molecule has 2 rings (SSSR count). The van der Waals surface area contributed by atoms with Gasteiger partial charge in [-0.3, -0.25) is 0 Å². The van der Waals surface area contributed by atoms with Gasteiger partial charge in [-0.25, -0.2) is 9.89 Å². The highest BCUT2D eigenvalue weighted by Crippen LogP contribution is 2.26. The van der Waals surface area contributed by atoms with E-state index in [1.165, 1.54) is 4.52 Å². The van der Waals surface area contributed by atoms with Crippen LogP contribution in [0.25, 0.3) is 5.65 Å². The molecule has 2 aromatic rings. The van der Waals surface area contributed by atoms with Gasteiger partial charge in [-0.05, 0) is 37.9 Å². The Labute approximate surface area is 118 Å². The fourth-order valence-corrected chi connectivity index (χ4v) is 2.67. The molecule has 2 atom stereocenters. The van der Waals surface area contributed by atoms with E-state index in [4.69, 9.17) is 0 Å². The summed E-state index contributed by atoms with van der Waals surface area (Å²) in [5, 5.41) is 14.3. The van der Waals surface area contributed by atoms with Crippen LogP contribution in [0.5, 0.6) is 0 Å². The summed E-state index contributed by atoms with van der Waals surface area (Å²) in [6.07, 6.45) is 1.10. The average Bonchev–Trinajstić information content (AvgIpc) is 2.78. The first kappa shape index (κ1) is 14.7. The Kier molecular flexibility index (Phi) is 4.54. The molecule has 6 heteroatoms. The third-order valence-electron chi connectivity index (χ3n) is 3.61. The van der Waals surface area contributed by atoms with Gasteiger partial charge in [0.25, 0.3) is 0 Å². The van der Waals surface area contributed by atoms with Crippen molar-refractivity contribution < 1.29 is 0 Å². The van der Waals surface area contributed by atoms with E-state index in [1.807, 2.05) is 12.1 Å². The first-order valence-electron chi connectivity index (χ1n) is 7.22. The van der Waals surface area contributed by atoms with Crippen molar-refractivity contribution in [3.63, 3.8) is 0 Å². The first-order valence-corrected chi connectivity index (χ1v) is 7.22. The van der Waals surface area contributed by atoms with Gasteiger partial charge in [0.1, 0.15) is 0 Å². The molecule has 0 aliphatic heterocycles. The van der Waals surface area contributed by atoms with E-state index in [-0.39, 0.29) is 11.6 Å². The van der Waals surface area contributed by atoms with Gasteiger partial charge in [0, 0.05) is 12.0 Å². The van der Waals surface area contributed by atoms with E-state index in [2.05, 4.69) is 48.3 Å². The van der Waals surface area contributed by atoms with Gasteiger partial charge in [0.05, 0.1) is 5.69 Å². The third kappa shape index (κ3) is 2.90. The molecule has 2 N–H and O–H groups in total. The summed E-state index contributed by atoms with van der Waals surface area (Å²) >= 11 is 0. The molecule has 20 heavy (non-hydrogen) atoms. The molecule has 110 valence electrons. The predicted molar refractivity (Wildman–Crippen MR) is 78.9 cm³/mol. The number of rotatable bonds is 6. The quantitative estimate of drug-likeness (QED) is 0.840. The van der Waals surface area contributed by atoms with Crippen molar-refractivity contribution in [1.82, 2.24) is 25.1 Å². The molecular formula is C14H23N5O. The lowest BCUT2D eigenvalue weighted by Crippen LogP contribution is -2.36. The second kappa shape index (κ2) is 6.17. The molecule has 2 heterocycles. The van der Waals surface area contributed by atoms with Crippen LogP contribution in [0.15, 0.2) is 16.9 Å². The minimum Gasteiger partial charge on any atom is -0.314 e. The summed E-state index contributed by atoms with van der Waals surface area (Å²) in [6.45, 7) is 9.67. The summed E-state index contributed by atoms with van der Waals surface area (Å²) in [4.78, 5) is 11.6. The maximum Gasteiger partial charge on any atom is 0.364 e. The van der Waals surface area contributed by atoms with Crippen molar-refractivity contribution in [2.45, 2.75) is 46.1 Å². The van der Waals surface area contributed by atoms with Gasteiger partial charge in [0.15, 0.2) is 5.65 Å². The van der Waals surface area contributed by atoms with Crippen molar-refractivity contribution in [1.29, 1.82) is 0 Å². The molecule has 2 unspecified atom stereocenters. The average molecular weight is 277 g/mol. The van der Waals surface area contributed by atoms with Crippen LogP contribution in [0.1, 0.15) is 45.7 Å². The van der Waals surface area contributed by atoms with E-state index in [9.17, 15) is 4.79 Å². The summed E-state index contributed by atoms with van der Waals surface area (Å²) in [7, 11) is 0. The summed E-state index contributed by atoms with van der Waals surface area (Å²) < 4.78 is 1.33. The van der Waals surface area contributed by atoms with Crippen LogP contribution in [0.2, 0.25) is 0 Å². The van der Waals surface area contributed by atoms with Gasteiger partial charge in [0.2, 0.25) is 0 Å². The lowest BCUT2D eigenvalue weighted by Gasteiger charge is -2.27. The van der Waals surface area contributed by atoms with Crippen LogP contribution in [0.3, 0.4) is 0 Å². The molecule has 0 bridgehead atoms. The van der Waals surface area contributed by atoms with Gasteiger partial charge in [-0.15, -0.1) is 0 Å².